The standard InChI is InChI=1S/C24H29F2N7/c1-16-3-4-18(22(26)21(16)25)19(14-31-7-2-8-31)32-9-11-33(12-10-32)24-20(17-5-6-28-13-17)23(27)29-15-30-24/h3-5,13,15,19H,2,6-12,14H2,1H3,(H2,27,29,30). The molecule has 0 radical (unpaired) electrons. The van der Waals surface area contributed by atoms with Crippen LogP contribution in [-0.4, -0.2) is 78.3 Å². The van der Waals surface area contributed by atoms with Gasteiger partial charge in [-0.3, -0.25) is 9.89 Å². The van der Waals surface area contributed by atoms with Crippen LogP contribution in [0.1, 0.15) is 29.2 Å². The third-order valence-electron chi connectivity index (χ3n) is 6.89. The van der Waals surface area contributed by atoms with Gasteiger partial charge < -0.3 is 15.5 Å². The van der Waals surface area contributed by atoms with Crippen LogP contribution in [0.15, 0.2) is 29.5 Å². The molecule has 0 bridgehead atoms. The lowest BCUT2D eigenvalue weighted by Crippen LogP contribution is -2.52. The van der Waals surface area contributed by atoms with E-state index < -0.39 is 11.6 Å². The Bertz CT molecular complexity index is 1090. The van der Waals surface area contributed by atoms with Crippen molar-refractivity contribution < 1.29 is 8.78 Å². The van der Waals surface area contributed by atoms with Crippen molar-refractivity contribution in [1.82, 2.24) is 19.8 Å². The van der Waals surface area contributed by atoms with E-state index in [9.17, 15) is 8.78 Å². The van der Waals surface area contributed by atoms with Gasteiger partial charge in [-0.1, -0.05) is 18.2 Å². The van der Waals surface area contributed by atoms with E-state index >= 15 is 0 Å². The van der Waals surface area contributed by atoms with E-state index in [1.54, 1.807) is 19.1 Å². The minimum absolute atomic E-state index is 0.192. The number of benzene rings is 1. The van der Waals surface area contributed by atoms with Crippen molar-refractivity contribution in [3.05, 3.63) is 52.9 Å². The van der Waals surface area contributed by atoms with Crippen LogP contribution in [0.3, 0.4) is 0 Å². The number of likely N-dealkylation sites (tertiary alicyclic amines) is 1. The molecule has 1 aromatic heterocycles. The summed E-state index contributed by atoms with van der Waals surface area (Å²) in [5, 5.41) is 0. The molecule has 2 N–H and O–H groups in total. The van der Waals surface area contributed by atoms with Crippen molar-refractivity contribution in [3.8, 4) is 0 Å². The number of hydrogen-bond acceptors (Lipinski definition) is 7. The average molecular weight is 454 g/mol. The quantitative estimate of drug-likeness (QED) is 0.725. The number of halogens is 2. The zero-order chi connectivity index (χ0) is 22.9. The number of aromatic nitrogens is 2. The minimum Gasteiger partial charge on any atom is -0.383 e. The fraction of sp³-hybridized carbons (Fsp3) is 0.458. The first-order valence-corrected chi connectivity index (χ1v) is 11.5. The Labute approximate surface area is 192 Å². The summed E-state index contributed by atoms with van der Waals surface area (Å²) in [6.45, 7) is 7.79. The summed E-state index contributed by atoms with van der Waals surface area (Å²) in [6, 6.07) is 3.24. The molecule has 3 aliphatic rings. The normalized spacial score (nSPS) is 20.1. The van der Waals surface area contributed by atoms with Gasteiger partial charge in [-0.05, 0) is 32.0 Å². The van der Waals surface area contributed by atoms with E-state index in [1.807, 2.05) is 12.3 Å². The number of anilines is 2. The van der Waals surface area contributed by atoms with Gasteiger partial charge >= 0.3 is 0 Å². The molecule has 2 saturated heterocycles. The van der Waals surface area contributed by atoms with E-state index in [1.165, 1.54) is 6.33 Å². The highest BCUT2D eigenvalue weighted by atomic mass is 19.2. The van der Waals surface area contributed by atoms with Gasteiger partial charge in [0.05, 0.1) is 18.2 Å². The number of aliphatic imine (C=N–C) groups is 1. The number of piperazine rings is 1. The summed E-state index contributed by atoms with van der Waals surface area (Å²) in [7, 11) is 0. The Balaban J connectivity index is 1.37. The van der Waals surface area contributed by atoms with Gasteiger partial charge in [-0.2, -0.15) is 0 Å². The van der Waals surface area contributed by atoms with E-state index in [0.717, 1.165) is 36.5 Å². The predicted octanol–water partition coefficient (Wildman–Crippen LogP) is 2.68. The Kier molecular flexibility index (Phi) is 6.07. The third-order valence-corrected chi connectivity index (χ3v) is 6.89. The number of aryl methyl sites for hydroxylation is 1. The maximum Gasteiger partial charge on any atom is 0.163 e. The fourth-order valence-corrected chi connectivity index (χ4v) is 4.81. The first-order chi connectivity index (χ1) is 16.0. The molecule has 5 rings (SSSR count). The smallest absolute Gasteiger partial charge is 0.163 e. The van der Waals surface area contributed by atoms with E-state index in [0.29, 0.717) is 56.2 Å². The number of rotatable bonds is 6. The van der Waals surface area contributed by atoms with Crippen LogP contribution < -0.4 is 10.6 Å². The zero-order valence-corrected chi connectivity index (χ0v) is 18.8. The van der Waals surface area contributed by atoms with Gasteiger partial charge in [-0.15, -0.1) is 0 Å². The van der Waals surface area contributed by atoms with Gasteiger partial charge in [0.1, 0.15) is 18.0 Å². The molecule has 0 amide bonds. The summed E-state index contributed by atoms with van der Waals surface area (Å²) in [5.74, 6) is -0.225. The van der Waals surface area contributed by atoms with E-state index in [2.05, 4.69) is 29.7 Å². The van der Waals surface area contributed by atoms with Gasteiger partial charge in [-0.25, -0.2) is 18.7 Å². The molecule has 1 unspecified atom stereocenters. The molecule has 0 aliphatic carbocycles. The summed E-state index contributed by atoms with van der Waals surface area (Å²) in [4.78, 5) is 19.8. The zero-order valence-electron chi connectivity index (χ0n) is 18.8. The van der Waals surface area contributed by atoms with E-state index in [4.69, 9.17) is 5.73 Å². The third kappa shape index (κ3) is 4.22. The molecule has 33 heavy (non-hydrogen) atoms. The van der Waals surface area contributed by atoms with Crippen molar-refractivity contribution in [2.24, 2.45) is 4.99 Å². The van der Waals surface area contributed by atoms with Crippen molar-refractivity contribution in [1.29, 1.82) is 0 Å². The second-order valence-corrected chi connectivity index (χ2v) is 8.90. The van der Waals surface area contributed by atoms with Gasteiger partial charge in [0.25, 0.3) is 0 Å². The Morgan fingerprint density at radius 2 is 1.82 bits per heavy atom. The number of nitrogens with two attached hydrogens (primary N) is 1. The molecule has 7 nitrogen and oxygen atoms in total. The molecular weight excluding hydrogens is 424 g/mol. The number of allylic oxidation sites excluding steroid dienone is 1. The molecule has 174 valence electrons. The Morgan fingerprint density at radius 3 is 2.48 bits per heavy atom. The van der Waals surface area contributed by atoms with Gasteiger partial charge in [0.15, 0.2) is 11.6 Å². The van der Waals surface area contributed by atoms with Crippen molar-refractivity contribution in [2.45, 2.75) is 19.4 Å². The number of nitrogens with zero attached hydrogens (tertiary/aromatic N) is 6. The van der Waals surface area contributed by atoms with Crippen LogP contribution >= 0.6 is 0 Å². The number of nitrogen functional groups attached to an aromatic ring is 1. The predicted molar refractivity (Wildman–Crippen MR) is 126 cm³/mol. The first-order valence-electron chi connectivity index (χ1n) is 11.5. The number of hydrogen-bond donors (Lipinski definition) is 1. The first kappa shape index (κ1) is 21.9. The van der Waals surface area contributed by atoms with Crippen molar-refractivity contribution in [2.75, 3.05) is 63.0 Å². The van der Waals surface area contributed by atoms with Crippen LogP contribution in [0, 0.1) is 18.6 Å². The molecular formula is C24H29F2N7. The maximum absolute atomic E-state index is 15.0. The lowest BCUT2D eigenvalue weighted by Gasteiger charge is -2.43. The average Bonchev–Trinajstić information content (AvgIpc) is 3.32. The second-order valence-electron chi connectivity index (χ2n) is 8.90. The second kappa shape index (κ2) is 9.15. The summed E-state index contributed by atoms with van der Waals surface area (Å²) < 4.78 is 29.4. The minimum atomic E-state index is -0.743. The topological polar surface area (TPSA) is 73.9 Å². The maximum atomic E-state index is 15.0. The van der Waals surface area contributed by atoms with Crippen LogP contribution in [0.2, 0.25) is 0 Å². The van der Waals surface area contributed by atoms with Crippen molar-refractivity contribution >= 4 is 23.4 Å². The van der Waals surface area contributed by atoms with E-state index in [-0.39, 0.29) is 6.04 Å². The lowest BCUT2D eigenvalue weighted by atomic mass is 9.99. The lowest BCUT2D eigenvalue weighted by molar-refractivity contribution is 0.0943. The SMILES string of the molecule is Cc1ccc(C(CN2CCC2)N2CCN(c3ncnc(N)c3C3=CCN=C3)CC2)c(F)c1F. The van der Waals surface area contributed by atoms with Crippen molar-refractivity contribution in [3.63, 3.8) is 0 Å². The fourth-order valence-electron chi connectivity index (χ4n) is 4.81. The molecule has 0 spiro atoms. The Morgan fingerprint density at radius 1 is 1.03 bits per heavy atom. The van der Waals surface area contributed by atoms with Crippen LogP contribution in [0.4, 0.5) is 20.4 Å². The summed E-state index contributed by atoms with van der Waals surface area (Å²) >= 11 is 0. The molecule has 0 saturated carbocycles. The molecule has 4 heterocycles. The molecule has 1 aromatic carbocycles. The highest BCUT2D eigenvalue weighted by molar-refractivity contribution is 6.14. The largest absolute Gasteiger partial charge is 0.383 e. The van der Waals surface area contributed by atoms with Gasteiger partial charge in [0, 0.05) is 50.1 Å². The van der Waals surface area contributed by atoms with Crippen LogP contribution in [-0.2, 0) is 0 Å². The molecule has 2 aromatic rings. The van der Waals surface area contributed by atoms with Gasteiger partial charge in [0.2, 0.25) is 0 Å². The molecule has 9 heteroatoms. The Hall–Kier alpha value is -2.91. The summed E-state index contributed by atoms with van der Waals surface area (Å²) in [5.41, 5.74) is 8.74. The van der Waals surface area contributed by atoms with Crippen LogP contribution in [0.5, 0.6) is 0 Å². The highest BCUT2D eigenvalue weighted by Crippen LogP contribution is 2.33. The monoisotopic (exact) mass is 453 g/mol. The molecule has 2 fully saturated rings. The van der Waals surface area contributed by atoms with Crippen LogP contribution in [0.25, 0.3) is 5.57 Å². The highest BCUT2D eigenvalue weighted by Gasteiger charge is 2.32. The molecule has 3 aliphatic heterocycles. The summed E-state index contributed by atoms with van der Waals surface area (Å²) in [6.07, 6.45) is 6.48. The molecule has 1 atom stereocenters.